The summed E-state index contributed by atoms with van der Waals surface area (Å²) in [6.45, 7) is 7.26. The number of aliphatic imine (C=N–C) groups is 1. The van der Waals surface area contributed by atoms with Crippen LogP contribution in [0.1, 0.15) is 44.5 Å². The Balaban J connectivity index is 2.55. The molecule has 24 heavy (non-hydrogen) atoms. The molecule has 0 N–H and O–H groups in total. The summed E-state index contributed by atoms with van der Waals surface area (Å²) in [5.41, 5.74) is 2.86. The Bertz CT molecular complexity index is 783. The molecule has 0 spiro atoms. The van der Waals surface area contributed by atoms with Gasteiger partial charge < -0.3 is 0 Å². The number of hydrogen-bond acceptors (Lipinski definition) is 4. The Morgan fingerprint density at radius 1 is 1.17 bits per heavy atom. The first kappa shape index (κ1) is 18.1. The molecular weight excluding hydrogens is 318 g/mol. The summed E-state index contributed by atoms with van der Waals surface area (Å²) < 4.78 is 0. The molecule has 0 fully saturated rings. The summed E-state index contributed by atoms with van der Waals surface area (Å²) in [5, 5.41) is 0.712. The molecule has 124 valence electrons. The Labute approximate surface area is 147 Å². The molecular formula is C20H21NO2S. The average molecular weight is 339 g/mol. The van der Waals surface area contributed by atoms with E-state index in [1.165, 1.54) is 11.8 Å². The van der Waals surface area contributed by atoms with E-state index < -0.39 is 0 Å². The fraction of sp³-hybridized carbons (Fsp3) is 0.250. The molecule has 0 saturated carbocycles. The molecule has 2 rings (SSSR count). The Kier molecular flexibility index (Phi) is 6.10. The molecule has 1 heterocycles. The van der Waals surface area contributed by atoms with Crippen LogP contribution in [0.5, 0.6) is 0 Å². The van der Waals surface area contributed by atoms with Gasteiger partial charge in [0.15, 0.2) is 11.6 Å². The van der Waals surface area contributed by atoms with Crippen LogP contribution in [-0.2, 0) is 4.79 Å². The standard InChI is InChI=1S/C20H21NO2S/c1-5-6-12-21-20-17(14(3)19(24-20)15(4)22)13(2)18(23)16-10-8-7-9-11-16/h6-12H,5H2,1-4H3/b12-6+,17-13+,21-20-. The first-order valence-electron chi connectivity index (χ1n) is 7.91. The first-order chi connectivity index (χ1) is 11.5. The van der Waals surface area contributed by atoms with Gasteiger partial charge in [-0.2, -0.15) is 0 Å². The van der Waals surface area contributed by atoms with Gasteiger partial charge in [0, 0.05) is 22.9 Å². The normalized spacial score (nSPS) is 18.6. The minimum atomic E-state index is -0.0393. The van der Waals surface area contributed by atoms with E-state index in [9.17, 15) is 9.59 Å². The second-order valence-corrected chi connectivity index (χ2v) is 6.53. The first-order valence-corrected chi connectivity index (χ1v) is 8.72. The van der Waals surface area contributed by atoms with Crippen molar-refractivity contribution in [2.75, 3.05) is 0 Å². The van der Waals surface area contributed by atoms with E-state index >= 15 is 0 Å². The lowest BCUT2D eigenvalue weighted by atomic mass is 9.95. The van der Waals surface area contributed by atoms with Crippen LogP contribution < -0.4 is 0 Å². The van der Waals surface area contributed by atoms with Gasteiger partial charge in [-0.05, 0) is 32.8 Å². The average Bonchev–Trinajstić information content (AvgIpc) is 2.91. The van der Waals surface area contributed by atoms with Crippen molar-refractivity contribution in [1.82, 2.24) is 0 Å². The van der Waals surface area contributed by atoms with Crippen molar-refractivity contribution in [3.8, 4) is 0 Å². The minimum Gasteiger partial charge on any atom is -0.294 e. The summed E-state index contributed by atoms with van der Waals surface area (Å²) in [4.78, 5) is 29.8. The molecule has 3 nitrogen and oxygen atoms in total. The SMILES string of the molecule is CC/C=C/N=C1\SC(C(C)=O)=C(C)\C1=C(\C)C(=O)c1ccccc1. The van der Waals surface area contributed by atoms with Crippen LogP contribution in [0, 0.1) is 0 Å². The summed E-state index contributed by atoms with van der Waals surface area (Å²) in [7, 11) is 0. The zero-order valence-electron chi connectivity index (χ0n) is 14.4. The Morgan fingerprint density at radius 2 is 1.83 bits per heavy atom. The third-order valence-corrected chi connectivity index (χ3v) is 5.03. The third kappa shape index (κ3) is 3.82. The molecule has 0 bridgehead atoms. The smallest absolute Gasteiger partial charge is 0.189 e. The zero-order chi connectivity index (χ0) is 17.7. The summed E-state index contributed by atoms with van der Waals surface area (Å²) in [5.74, 6) is -0.0397. The van der Waals surface area contributed by atoms with E-state index in [0.29, 0.717) is 21.1 Å². The summed E-state index contributed by atoms with van der Waals surface area (Å²) >= 11 is 1.35. The van der Waals surface area contributed by atoms with Gasteiger partial charge in [-0.15, -0.1) is 0 Å². The molecule has 1 aromatic rings. The monoisotopic (exact) mass is 339 g/mol. The maximum Gasteiger partial charge on any atom is 0.189 e. The molecule has 4 heteroatoms. The third-order valence-electron chi connectivity index (χ3n) is 3.73. The number of carbonyl (C=O) groups is 2. The number of benzene rings is 1. The van der Waals surface area contributed by atoms with Crippen LogP contribution in [0.3, 0.4) is 0 Å². The van der Waals surface area contributed by atoms with Gasteiger partial charge in [0.25, 0.3) is 0 Å². The van der Waals surface area contributed by atoms with Crippen molar-refractivity contribution in [3.63, 3.8) is 0 Å². The van der Waals surface area contributed by atoms with E-state index in [2.05, 4.69) is 4.99 Å². The van der Waals surface area contributed by atoms with Gasteiger partial charge in [-0.25, -0.2) is 4.99 Å². The second kappa shape index (κ2) is 8.06. The molecule has 1 aliphatic heterocycles. The van der Waals surface area contributed by atoms with Gasteiger partial charge in [-0.3, -0.25) is 9.59 Å². The number of Topliss-reactive ketones (excluding diaryl/α,β-unsaturated/α-hetero) is 2. The fourth-order valence-corrected chi connectivity index (χ4v) is 3.63. The molecule has 0 unspecified atom stereocenters. The fourth-order valence-electron chi connectivity index (χ4n) is 2.51. The Hall–Kier alpha value is -2.20. The van der Waals surface area contributed by atoms with E-state index in [4.69, 9.17) is 0 Å². The van der Waals surface area contributed by atoms with Crippen LogP contribution >= 0.6 is 11.8 Å². The molecule has 1 aliphatic rings. The number of hydrogen-bond donors (Lipinski definition) is 0. The predicted molar refractivity (Wildman–Crippen MR) is 101 cm³/mol. The molecule has 0 aromatic heterocycles. The van der Waals surface area contributed by atoms with Gasteiger partial charge in [-0.1, -0.05) is 55.1 Å². The van der Waals surface area contributed by atoms with Crippen molar-refractivity contribution >= 4 is 28.4 Å². The molecule has 0 atom stereocenters. The van der Waals surface area contributed by atoms with Crippen molar-refractivity contribution in [2.45, 2.75) is 34.1 Å². The van der Waals surface area contributed by atoms with Gasteiger partial charge in [0.2, 0.25) is 0 Å². The van der Waals surface area contributed by atoms with Crippen LogP contribution in [0.4, 0.5) is 0 Å². The van der Waals surface area contributed by atoms with Gasteiger partial charge in [0.05, 0.1) is 4.91 Å². The van der Waals surface area contributed by atoms with Crippen LogP contribution in [0.25, 0.3) is 0 Å². The molecule has 0 aliphatic carbocycles. The second-order valence-electron chi connectivity index (χ2n) is 5.53. The topological polar surface area (TPSA) is 46.5 Å². The van der Waals surface area contributed by atoms with Gasteiger partial charge >= 0.3 is 0 Å². The molecule has 0 amide bonds. The number of thioether (sulfide) groups is 1. The zero-order valence-corrected chi connectivity index (χ0v) is 15.2. The largest absolute Gasteiger partial charge is 0.294 e. The quantitative estimate of drug-likeness (QED) is 0.552. The van der Waals surface area contributed by atoms with Crippen molar-refractivity contribution in [3.05, 3.63) is 69.8 Å². The highest BCUT2D eigenvalue weighted by Crippen LogP contribution is 2.40. The Morgan fingerprint density at radius 3 is 2.42 bits per heavy atom. The number of rotatable bonds is 5. The molecule has 1 aromatic carbocycles. The number of nitrogens with zero attached hydrogens (tertiary/aromatic N) is 1. The lowest BCUT2D eigenvalue weighted by Crippen LogP contribution is -2.07. The van der Waals surface area contributed by atoms with Crippen molar-refractivity contribution in [2.24, 2.45) is 4.99 Å². The summed E-state index contributed by atoms with van der Waals surface area (Å²) in [6, 6.07) is 9.17. The minimum absolute atomic E-state index is 0.000341. The molecule has 0 saturated heterocycles. The molecule has 0 radical (unpaired) electrons. The van der Waals surface area contributed by atoms with Gasteiger partial charge in [0.1, 0.15) is 5.04 Å². The lowest BCUT2D eigenvalue weighted by Gasteiger charge is -2.08. The number of allylic oxidation sites excluding steroid dienone is 4. The number of ketones is 2. The maximum absolute atomic E-state index is 12.8. The highest BCUT2D eigenvalue weighted by Gasteiger charge is 2.29. The van der Waals surface area contributed by atoms with E-state index in [1.807, 2.05) is 38.1 Å². The lowest BCUT2D eigenvalue weighted by molar-refractivity contribution is -0.113. The van der Waals surface area contributed by atoms with E-state index in [0.717, 1.165) is 17.6 Å². The van der Waals surface area contributed by atoms with Crippen LogP contribution in [-0.4, -0.2) is 16.6 Å². The highest BCUT2D eigenvalue weighted by atomic mass is 32.2. The maximum atomic E-state index is 12.8. The van der Waals surface area contributed by atoms with E-state index in [-0.39, 0.29) is 11.6 Å². The van der Waals surface area contributed by atoms with E-state index in [1.54, 1.807) is 32.2 Å². The van der Waals surface area contributed by atoms with Crippen molar-refractivity contribution in [1.29, 1.82) is 0 Å². The van der Waals surface area contributed by atoms with Crippen molar-refractivity contribution < 1.29 is 9.59 Å². The highest BCUT2D eigenvalue weighted by molar-refractivity contribution is 8.19. The van der Waals surface area contributed by atoms with Crippen LogP contribution in [0.2, 0.25) is 0 Å². The van der Waals surface area contributed by atoms with Crippen LogP contribution in [0.15, 0.2) is 69.2 Å². The summed E-state index contributed by atoms with van der Waals surface area (Å²) in [6.07, 6.45) is 4.56. The predicted octanol–water partition coefficient (Wildman–Crippen LogP) is 5.12. The number of carbonyl (C=O) groups excluding carboxylic acids is 2.